The van der Waals surface area contributed by atoms with E-state index < -0.39 is 69.6 Å². The lowest BCUT2D eigenvalue weighted by atomic mass is 10.1. The molecule has 2 N–H and O–H groups in total. The first kappa shape index (κ1) is 25.5. The average molecular weight is 534 g/mol. The van der Waals surface area contributed by atoms with Gasteiger partial charge in [0.2, 0.25) is 11.8 Å². The Balaban J connectivity index is 1.70. The molecule has 0 heterocycles. The van der Waals surface area contributed by atoms with Gasteiger partial charge in [-0.25, -0.2) is 13.2 Å². The van der Waals surface area contributed by atoms with Crippen LogP contribution in [0.15, 0.2) is 30.3 Å². The molecule has 1 saturated carbocycles. The molecular weight excluding hydrogens is 521 g/mol. The molecule has 2 amide bonds. The Kier molecular flexibility index (Phi) is 7.12. The highest BCUT2D eigenvalue weighted by molar-refractivity contribution is 6.53. The number of amides is 2. The van der Waals surface area contributed by atoms with Crippen molar-refractivity contribution in [3.63, 3.8) is 0 Å². The number of nitrogens with one attached hydrogen (secondary N) is 2. The van der Waals surface area contributed by atoms with Gasteiger partial charge >= 0.3 is 6.18 Å². The average Bonchev–Trinajstić information content (AvgIpc) is 3.27. The molecule has 2 unspecified atom stereocenters. The second kappa shape index (κ2) is 9.23. The van der Waals surface area contributed by atoms with E-state index in [9.17, 15) is 35.9 Å². The molecule has 2 aromatic carbocycles. The smallest absolute Gasteiger partial charge is 0.352 e. The molecule has 4 nitrogen and oxygen atoms in total. The van der Waals surface area contributed by atoms with Crippen molar-refractivity contribution in [1.29, 1.82) is 0 Å². The fourth-order valence-electron chi connectivity index (χ4n) is 3.27. The molecule has 1 aliphatic carbocycles. The molecule has 2 aromatic rings. The predicted molar refractivity (Wildman–Crippen MR) is 110 cm³/mol. The van der Waals surface area contributed by atoms with Crippen LogP contribution >= 0.6 is 34.8 Å². The van der Waals surface area contributed by atoms with Crippen LogP contribution < -0.4 is 10.6 Å². The zero-order valence-corrected chi connectivity index (χ0v) is 18.4. The zero-order chi connectivity index (χ0) is 24.7. The number of alkyl halides is 5. The summed E-state index contributed by atoms with van der Waals surface area (Å²) >= 11 is 17.7. The first-order valence-electron chi connectivity index (χ1n) is 9.15. The Morgan fingerprint density at radius 1 is 1.00 bits per heavy atom. The molecule has 0 spiro atoms. The fourth-order valence-corrected chi connectivity index (χ4v) is 4.21. The van der Waals surface area contributed by atoms with Crippen LogP contribution in [0.3, 0.4) is 0 Å². The number of hydrogen-bond acceptors (Lipinski definition) is 2. The number of carbonyl (C=O) groups excluding carboxylic acids is 2. The Labute approximate surface area is 198 Å². The molecule has 1 fully saturated rings. The van der Waals surface area contributed by atoms with Crippen LogP contribution in [0, 0.1) is 23.4 Å². The quantitative estimate of drug-likeness (QED) is 0.278. The monoisotopic (exact) mass is 532 g/mol. The van der Waals surface area contributed by atoms with E-state index in [4.69, 9.17) is 34.8 Å². The highest BCUT2D eigenvalue weighted by atomic mass is 35.5. The minimum atomic E-state index is -4.72. The molecule has 2 atom stereocenters. The summed E-state index contributed by atoms with van der Waals surface area (Å²) in [6.07, 6.45) is -6.45. The Morgan fingerprint density at radius 3 is 2.18 bits per heavy atom. The van der Waals surface area contributed by atoms with Crippen molar-refractivity contribution >= 4 is 52.3 Å². The molecule has 13 heteroatoms. The lowest BCUT2D eigenvalue weighted by Crippen LogP contribution is -2.28. The number of hydrogen-bond donors (Lipinski definition) is 2. The molecule has 1 aliphatic rings. The number of benzene rings is 2. The van der Waals surface area contributed by atoms with Gasteiger partial charge in [0.25, 0.3) is 0 Å². The zero-order valence-electron chi connectivity index (χ0n) is 16.2. The maximum atomic E-state index is 14.0. The third kappa shape index (κ3) is 5.85. The second-order valence-corrected chi connectivity index (χ2v) is 9.11. The van der Waals surface area contributed by atoms with Gasteiger partial charge in [0.1, 0.15) is 33.2 Å². The summed E-state index contributed by atoms with van der Waals surface area (Å²) in [6, 6.07) is 5.01. The Morgan fingerprint density at radius 2 is 1.61 bits per heavy atom. The first-order valence-corrected chi connectivity index (χ1v) is 10.3. The summed E-state index contributed by atoms with van der Waals surface area (Å²) in [5.41, 5.74) is -0.156. The maximum absolute atomic E-state index is 14.0. The topological polar surface area (TPSA) is 58.2 Å². The van der Waals surface area contributed by atoms with Crippen molar-refractivity contribution in [3.05, 3.63) is 63.9 Å². The van der Waals surface area contributed by atoms with E-state index in [-0.39, 0.29) is 16.8 Å². The van der Waals surface area contributed by atoms with E-state index in [1.807, 2.05) is 5.32 Å². The summed E-state index contributed by atoms with van der Waals surface area (Å²) in [7, 11) is 0. The first-order chi connectivity index (χ1) is 15.2. The van der Waals surface area contributed by atoms with Crippen LogP contribution in [0.5, 0.6) is 0 Å². The number of rotatable bonds is 6. The molecule has 0 radical (unpaired) electrons. The summed E-state index contributed by atoms with van der Waals surface area (Å²) in [5.74, 6) is -7.14. The van der Waals surface area contributed by atoms with E-state index in [0.29, 0.717) is 0 Å². The van der Waals surface area contributed by atoms with Gasteiger partial charge in [0, 0.05) is 23.7 Å². The molecular formula is C20H13Cl3F6N2O2. The largest absolute Gasteiger partial charge is 0.397 e. The minimum absolute atomic E-state index is 0.00622. The van der Waals surface area contributed by atoms with Gasteiger partial charge in [-0.05, 0) is 35.9 Å². The maximum Gasteiger partial charge on any atom is 0.397 e. The van der Waals surface area contributed by atoms with Crippen LogP contribution in [0.1, 0.15) is 23.5 Å². The van der Waals surface area contributed by atoms with Crippen LogP contribution in [-0.4, -0.2) is 22.3 Å². The van der Waals surface area contributed by atoms with E-state index in [2.05, 4.69) is 5.32 Å². The van der Waals surface area contributed by atoms with Crippen molar-refractivity contribution in [2.24, 2.45) is 5.92 Å². The van der Waals surface area contributed by atoms with Gasteiger partial charge in [-0.3, -0.25) is 9.59 Å². The molecule has 0 bridgehead atoms. The van der Waals surface area contributed by atoms with Gasteiger partial charge in [-0.1, -0.05) is 11.6 Å². The third-order valence-corrected chi connectivity index (χ3v) is 6.15. The van der Waals surface area contributed by atoms with E-state index in [1.54, 1.807) is 0 Å². The lowest BCUT2D eigenvalue weighted by molar-refractivity contribution is -0.153. The fraction of sp³-hybridized carbons (Fsp3) is 0.300. The van der Waals surface area contributed by atoms with Gasteiger partial charge in [-0.15, -0.1) is 23.2 Å². The highest BCUT2D eigenvalue weighted by Crippen LogP contribution is 2.65. The summed E-state index contributed by atoms with van der Waals surface area (Å²) in [6.45, 7) is -0.561. The number of anilines is 1. The summed E-state index contributed by atoms with van der Waals surface area (Å²) < 4.78 is 76.5. The van der Waals surface area contributed by atoms with Gasteiger partial charge in [0.15, 0.2) is 0 Å². The number of carbonyl (C=O) groups is 2. The summed E-state index contributed by atoms with van der Waals surface area (Å²) in [5, 5.41) is 3.62. The number of halogens is 9. The summed E-state index contributed by atoms with van der Waals surface area (Å²) in [4.78, 5) is 23.9. The van der Waals surface area contributed by atoms with E-state index >= 15 is 0 Å². The van der Waals surface area contributed by atoms with E-state index in [1.165, 1.54) is 0 Å². The predicted octanol–water partition coefficient (Wildman–Crippen LogP) is 5.85. The van der Waals surface area contributed by atoms with Crippen LogP contribution in [0.2, 0.25) is 5.02 Å². The standard InChI is InChI=1S/C20H13Cl3F6N2O2/c21-17-12(25)4-8(5-13(17)26)15-16(20(15,22)23)18(33)31-10-1-2-11(24)9(3-10)7-30-14(32)6-19(27,28)29/h1-5,15-16H,6-7H2,(H,30,32)(H,31,33). The van der Waals surface area contributed by atoms with Crippen LogP contribution in [-0.2, 0) is 16.1 Å². The van der Waals surface area contributed by atoms with Crippen molar-refractivity contribution in [3.8, 4) is 0 Å². The van der Waals surface area contributed by atoms with Gasteiger partial charge < -0.3 is 10.6 Å². The van der Waals surface area contributed by atoms with Crippen LogP contribution in [0.4, 0.5) is 32.0 Å². The van der Waals surface area contributed by atoms with Gasteiger partial charge in [-0.2, -0.15) is 13.2 Å². The Bertz CT molecular complexity index is 1090. The van der Waals surface area contributed by atoms with Crippen LogP contribution in [0.25, 0.3) is 0 Å². The lowest BCUT2D eigenvalue weighted by Gasteiger charge is -2.11. The molecule has 178 valence electrons. The third-order valence-electron chi connectivity index (χ3n) is 4.85. The van der Waals surface area contributed by atoms with Crippen molar-refractivity contribution in [1.82, 2.24) is 5.32 Å². The SMILES string of the molecule is O=C(CC(F)(F)F)NCc1cc(NC(=O)C2C(c3cc(F)c(Cl)c(F)c3)C2(Cl)Cl)ccc1F. The van der Waals surface area contributed by atoms with Crippen molar-refractivity contribution in [2.45, 2.75) is 29.4 Å². The van der Waals surface area contributed by atoms with E-state index in [0.717, 1.165) is 30.3 Å². The molecule has 33 heavy (non-hydrogen) atoms. The molecule has 0 saturated heterocycles. The normalized spacial score (nSPS) is 19.2. The van der Waals surface area contributed by atoms with Gasteiger partial charge in [0.05, 0.1) is 5.92 Å². The minimum Gasteiger partial charge on any atom is -0.352 e. The second-order valence-electron chi connectivity index (χ2n) is 7.29. The Hall–Kier alpha value is -2.17. The van der Waals surface area contributed by atoms with Crippen molar-refractivity contribution < 1.29 is 35.9 Å². The molecule has 3 rings (SSSR count). The molecule has 0 aromatic heterocycles. The van der Waals surface area contributed by atoms with Crippen molar-refractivity contribution in [2.75, 3.05) is 5.32 Å². The molecule has 0 aliphatic heterocycles. The highest BCUT2D eigenvalue weighted by Gasteiger charge is 2.67.